The minimum Gasteiger partial charge on any atom is -0.481 e. The van der Waals surface area contributed by atoms with E-state index in [1.165, 1.54) is 0 Å². The lowest BCUT2D eigenvalue weighted by Crippen LogP contribution is -2.00. The van der Waals surface area contributed by atoms with Gasteiger partial charge in [-0.15, -0.1) is 0 Å². The van der Waals surface area contributed by atoms with Crippen LogP contribution in [0, 0.1) is 0 Å². The SMILES string of the molecule is O=C(O)CCCn1cnc2ncccc21. The molecule has 2 rings (SSSR count). The van der Waals surface area contributed by atoms with Crippen LogP contribution in [0.2, 0.25) is 0 Å². The number of carbonyl (C=O) groups is 1. The number of pyridine rings is 1. The standard InChI is InChI=1S/C10H11N3O2/c14-9(15)4-2-6-13-7-12-10-8(13)3-1-5-11-10/h1,3,5,7H,2,4,6H2,(H,14,15). The lowest BCUT2D eigenvalue weighted by molar-refractivity contribution is -0.137. The highest BCUT2D eigenvalue weighted by Crippen LogP contribution is 2.09. The number of carboxylic acids is 1. The molecular formula is C10H11N3O2. The van der Waals surface area contributed by atoms with Crippen LogP contribution in [0.3, 0.4) is 0 Å². The van der Waals surface area contributed by atoms with Gasteiger partial charge in [0.1, 0.15) is 0 Å². The number of carboxylic acid groups (broad SMARTS) is 1. The second kappa shape index (κ2) is 4.08. The van der Waals surface area contributed by atoms with E-state index >= 15 is 0 Å². The third-order valence-electron chi connectivity index (χ3n) is 2.18. The van der Waals surface area contributed by atoms with Crippen molar-refractivity contribution in [2.45, 2.75) is 19.4 Å². The number of fused-ring (bicyclic) bond motifs is 1. The number of aliphatic carboxylic acids is 1. The van der Waals surface area contributed by atoms with Crippen molar-refractivity contribution in [3.05, 3.63) is 24.7 Å². The summed E-state index contributed by atoms with van der Waals surface area (Å²) in [4.78, 5) is 18.6. The summed E-state index contributed by atoms with van der Waals surface area (Å²) in [6, 6.07) is 3.77. The van der Waals surface area contributed by atoms with Crippen molar-refractivity contribution in [2.24, 2.45) is 0 Å². The molecule has 1 N–H and O–H groups in total. The molecule has 78 valence electrons. The minimum atomic E-state index is -0.766. The summed E-state index contributed by atoms with van der Waals surface area (Å²) >= 11 is 0. The first-order valence-corrected chi connectivity index (χ1v) is 4.75. The first kappa shape index (κ1) is 9.64. The Morgan fingerprint density at radius 1 is 1.47 bits per heavy atom. The van der Waals surface area contributed by atoms with Crippen LogP contribution < -0.4 is 0 Å². The van der Waals surface area contributed by atoms with Gasteiger partial charge in [0.25, 0.3) is 0 Å². The van der Waals surface area contributed by atoms with Crippen LogP contribution in [0.1, 0.15) is 12.8 Å². The second-order valence-electron chi connectivity index (χ2n) is 3.28. The van der Waals surface area contributed by atoms with Crippen molar-refractivity contribution >= 4 is 17.1 Å². The van der Waals surface area contributed by atoms with Gasteiger partial charge in [-0.05, 0) is 18.6 Å². The van der Waals surface area contributed by atoms with Gasteiger partial charge in [0, 0.05) is 19.2 Å². The van der Waals surface area contributed by atoms with Gasteiger partial charge in [-0.3, -0.25) is 4.79 Å². The zero-order valence-electron chi connectivity index (χ0n) is 8.13. The van der Waals surface area contributed by atoms with E-state index in [-0.39, 0.29) is 6.42 Å². The Bertz CT molecular complexity index is 478. The van der Waals surface area contributed by atoms with Crippen LogP contribution in [-0.2, 0) is 11.3 Å². The number of aryl methyl sites for hydroxylation is 1. The van der Waals surface area contributed by atoms with Crippen molar-refractivity contribution in [2.75, 3.05) is 0 Å². The van der Waals surface area contributed by atoms with Crippen molar-refractivity contribution in [3.63, 3.8) is 0 Å². The highest BCUT2D eigenvalue weighted by Gasteiger charge is 2.03. The van der Waals surface area contributed by atoms with Crippen LogP contribution in [0.15, 0.2) is 24.7 Å². The lowest BCUT2D eigenvalue weighted by Gasteiger charge is -2.01. The first-order chi connectivity index (χ1) is 7.27. The van der Waals surface area contributed by atoms with E-state index in [1.54, 1.807) is 12.5 Å². The Kier molecular flexibility index (Phi) is 2.62. The van der Waals surface area contributed by atoms with Gasteiger partial charge >= 0.3 is 5.97 Å². The lowest BCUT2D eigenvalue weighted by atomic mass is 10.3. The highest BCUT2D eigenvalue weighted by molar-refractivity contribution is 5.70. The van der Waals surface area contributed by atoms with E-state index in [9.17, 15) is 4.79 Å². The monoisotopic (exact) mass is 205 g/mol. The number of nitrogens with zero attached hydrogens (tertiary/aromatic N) is 3. The van der Waals surface area contributed by atoms with Gasteiger partial charge < -0.3 is 9.67 Å². The second-order valence-corrected chi connectivity index (χ2v) is 3.28. The molecule has 0 radical (unpaired) electrons. The maximum Gasteiger partial charge on any atom is 0.303 e. The molecule has 0 aromatic carbocycles. The molecule has 15 heavy (non-hydrogen) atoms. The van der Waals surface area contributed by atoms with Crippen LogP contribution in [0.5, 0.6) is 0 Å². The van der Waals surface area contributed by atoms with Crippen LogP contribution in [-0.4, -0.2) is 25.6 Å². The van der Waals surface area contributed by atoms with Gasteiger partial charge in [0.15, 0.2) is 5.65 Å². The molecule has 5 nitrogen and oxygen atoms in total. The molecule has 0 aliphatic heterocycles. The summed E-state index contributed by atoms with van der Waals surface area (Å²) < 4.78 is 1.92. The molecule has 5 heteroatoms. The van der Waals surface area contributed by atoms with Gasteiger partial charge in [0.2, 0.25) is 0 Å². The summed E-state index contributed by atoms with van der Waals surface area (Å²) in [5.74, 6) is -0.766. The van der Waals surface area contributed by atoms with E-state index in [2.05, 4.69) is 9.97 Å². The van der Waals surface area contributed by atoms with Crippen LogP contribution in [0.4, 0.5) is 0 Å². The van der Waals surface area contributed by atoms with Crippen molar-refractivity contribution < 1.29 is 9.90 Å². The quantitative estimate of drug-likeness (QED) is 0.816. The van der Waals surface area contributed by atoms with Gasteiger partial charge in [0.05, 0.1) is 11.8 Å². The Balaban J connectivity index is 2.11. The number of imidazole rings is 1. The summed E-state index contributed by atoms with van der Waals surface area (Å²) in [5.41, 5.74) is 1.65. The maximum atomic E-state index is 10.4. The number of rotatable bonds is 4. The number of hydrogen-bond donors (Lipinski definition) is 1. The normalized spacial score (nSPS) is 10.7. The van der Waals surface area contributed by atoms with Gasteiger partial charge in [-0.2, -0.15) is 0 Å². The van der Waals surface area contributed by atoms with E-state index in [1.807, 2.05) is 16.7 Å². The molecule has 0 aliphatic carbocycles. The van der Waals surface area contributed by atoms with E-state index in [4.69, 9.17) is 5.11 Å². The fraction of sp³-hybridized carbons (Fsp3) is 0.300. The molecule has 2 heterocycles. The highest BCUT2D eigenvalue weighted by atomic mass is 16.4. The molecule has 0 aliphatic rings. The zero-order valence-corrected chi connectivity index (χ0v) is 8.13. The van der Waals surface area contributed by atoms with E-state index < -0.39 is 5.97 Å². The third kappa shape index (κ3) is 2.12. The summed E-state index contributed by atoms with van der Waals surface area (Å²) in [6.07, 6.45) is 4.17. The van der Waals surface area contributed by atoms with Crippen molar-refractivity contribution in [1.29, 1.82) is 0 Å². The zero-order chi connectivity index (χ0) is 10.7. The largest absolute Gasteiger partial charge is 0.481 e. The molecule has 0 amide bonds. The molecule has 0 bridgehead atoms. The predicted molar refractivity (Wildman–Crippen MR) is 54.4 cm³/mol. The van der Waals surface area contributed by atoms with Crippen LogP contribution in [0.25, 0.3) is 11.2 Å². The average molecular weight is 205 g/mol. The molecule has 0 atom stereocenters. The first-order valence-electron chi connectivity index (χ1n) is 4.75. The smallest absolute Gasteiger partial charge is 0.303 e. The van der Waals surface area contributed by atoms with Gasteiger partial charge in [-0.25, -0.2) is 9.97 Å². The molecule has 2 aromatic heterocycles. The number of hydrogen-bond acceptors (Lipinski definition) is 3. The minimum absolute atomic E-state index is 0.180. The van der Waals surface area contributed by atoms with E-state index in [0.717, 1.165) is 5.52 Å². The predicted octanol–water partition coefficient (Wildman–Crippen LogP) is 1.30. The average Bonchev–Trinajstić information content (AvgIpc) is 2.62. The Morgan fingerprint density at radius 2 is 2.33 bits per heavy atom. The molecule has 2 aromatic rings. The van der Waals surface area contributed by atoms with Crippen molar-refractivity contribution in [3.8, 4) is 0 Å². The summed E-state index contributed by atoms with van der Waals surface area (Å²) in [7, 11) is 0. The molecule has 0 saturated carbocycles. The molecule has 0 fully saturated rings. The molecule has 0 unspecified atom stereocenters. The van der Waals surface area contributed by atoms with Crippen LogP contribution >= 0.6 is 0 Å². The molecule has 0 spiro atoms. The Labute approximate surface area is 86.4 Å². The Morgan fingerprint density at radius 3 is 3.13 bits per heavy atom. The Hall–Kier alpha value is -1.91. The molecule has 0 saturated heterocycles. The van der Waals surface area contributed by atoms with E-state index in [0.29, 0.717) is 18.6 Å². The third-order valence-corrected chi connectivity index (χ3v) is 2.18. The topological polar surface area (TPSA) is 68.0 Å². The fourth-order valence-corrected chi connectivity index (χ4v) is 1.48. The summed E-state index contributed by atoms with van der Waals surface area (Å²) in [5, 5.41) is 8.52. The molecular weight excluding hydrogens is 194 g/mol. The van der Waals surface area contributed by atoms with Crippen molar-refractivity contribution in [1.82, 2.24) is 14.5 Å². The fourth-order valence-electron chi connectivity index (χ4n) is 1.48. The number of aromatic nitrogens is 3. The maximum absolute atomic E-state index is 10.4. The summed E-state index contributed by atoms with van der Waals surface area (Å²) in [6.45, 7) is 0.661. The van der Waals surface area contributed by atoms with Gasteiger partial charge in [-0.1, -0.05) is 0 Å².